The molecule has 1 spiro atoms. The van der Waals surface area contributed by atoms with Crippen LogP contribution in [0.5, 0.6) is 11.6 Å². The number of aromatic nitrogens is 1. The standard InChI is InChI=1S/C23H22F6N2O2/c1-20-9-8-15-10-21(15,31(20)33-19-7-4-16(13-30-19)23(27,28)29)12-18(11-20)32-17-5-2-14(3-6-17)22(24,25)26/h2-7,13,15,18H,8-12H2,1H3/t15?,18-,20?,21?/m0/s1. The first-order chi connectivity index (χ1) is 15.4. The lowest BCUT2D eigenvalue weighted by Crippen LogP contribution is -2.64. The lowest BCUT2D eigenvalue weighted by molar-refractivity contribution is -0.237. The number of ether oxygens (including phenoxy) is 1. The number of benzene rings is 1. The Labute approximate surface area is 186 Å². The van der Waals surface area contributed by atoms with Gasteiger partial charge < -0.3 is 9.57 Å². The van der Waals surface area contributed by atoms with E-state index in [1.807, 2.05) is 12.0 Å². The van der Waals surface area contributed by atoms with Gasteiger partial charge in [0.2, 0.25) is 5.88 Å². The molecule has 2 bridgehead atoms. The summed E-state index contributed by atoms with van der Waals surface area (Å²) in [5.41, 5.74) is -2.32. The fourth-order valence-corrected chi connectivity index (χ4v) is 5.48. The average molecular weight is 472 g/mol. The van der Waals surface area contributed by atoms with E-state index < -0.39 is 29.0 Å². The Morgan fingerprint density at radius 3 is 2.18 bits per heavy atom. The maximum Gasteiger partial charge on any atom is 0.417 e. The van der Waals surface area contributed by atoms with Crippen LogP contribution < -0.4 is 9.57 Å². The normalized spacial score (nSPS) is 31.6. The van der Waals surface area contributed by atoms with Crippen molar-refractivity contribution in [2.45, 2.75) is 68.6 Å². The number of rotatable bonds is 4. The van der Waals surface area contributed by atoms with Crippen LogP contribution in [0.2, 0.25) is 0 Å². The van der Waals surface area contributed by atoms with E-state index in [-0.39, 0.29) is 17.5 Å². The molecular weight excluding hydrogens is 450 g/mol. The number of alkyl halides is 6. The van der Waals surface area contributed by atoms with Crippen LogP contribution in [0.4, 0.5) is 26.3 Å². The Morgan fingerprint density at radius 2 is 1.58 bits per heavy atom. The fraction of sp³-hybridized carbons (Fsp3) is 0.522. The van der Waals surface area contributed by atoms with E-state index >= 15 is 0 Å². The van der Waals surface area contributed by atoms with Gasteiger partial charge in [-0.1, -0.05) is 0 Å². The van der Waals surface area contributed by atoms with Crippen molar-refractivity contribution in [1.29, 1.82) is 0 Å². The van der Waals surface area contributed by atoms with E-state index in [9.17, 15) is 26.3 Å². The molecule has 2 saturated heterocycles. The summed E-state index contributed by atoms with van der Waals surface area (Å²) in [6.07, 6.45) is -4.43. The number of hydroxylamine groups is 2. The average Bonchev–Trinajstić information content (AvgIpc) is 3.41. The van der Waals surface area contributed by atoms with Gasteiger partial charge in [0.05, 0.1) is 22.2 Å². The quantitative estimate of drug-likeness (QED) is 0.492. The van der Waals surface area contributed by atoms with Crippen molar-refractivity contribution < 1.29 is 35.9 Å². The number of fused-ring (bicyclic) bond motifs is 1. The van der Waals surface area contributed by atoms with Gasteiger partial charge in [0.15, 0.2) is 0 Å². The largest absolute Gasteiger partial charge is 0.490 e. The molecule has 2 aromatic rings. The first-order valence-electron chi connectivity index (χ1n) is 10.7. The van der Waals surface area contributed by atoms with Gasteiger partial charge in [0.1, 0.15) is 11.9 Å². The van der Waals surface area contributed by atoms with Crippen molar-refractivity contribution in [2.24, 2.45) is 5.92 Å². The van der Waals surface area contributed by atoms with Gasteiger partial charge in [-0.15, -0.1) is 5.06 Å². The molecule has 4 atom stereocenters. The second-order valence-electron chi connectivity index (χ2n) is 9.48. The highest BCUT2D eigenvalue weighted by atomic mass is 19.4. The van der Waals surface area contributed by atoms with Crippen molar-refractivity contribution in [1.82, 2.24) is 10.0 Å². The molecule has 3 fully saturated rings. The summed E-state index contributed by atoms with van der Waals surface area (Å²) < 4.78 is 83.1. The summed E-state index contributed by atoms with van der Waals surface area (Å²) in [6, 6.07) is 6.84. The molecule has 1 aromatic heterocycles. The minimum Gasteiger partial charge on any atom is -0.490 e. The number of hydrogen-bond acceptors (Lipinski definition) is 4. The van der Waals surface area contributed by atoms with E-state index in [2.05, 4.69) is 4.98 Å². The van der Waals surface area contributed by atoms with Gasteiger partial charge in [-0.2, -0.15) is 26.3 Å². The summed E-state index contributed by atoms with van der Waals surface area (Å²) in [5, 5.41) is 1.90. The molecule has 1 aromatic carbocycles. The van der Waals surface area contributed by atoms with Gasteiger partial charge in [0.25, 0.3) is 0 Å². The SMILES string of the molecule is CC12CCC3CC3(C[C@@H](Oc3ccc(C(F)(F)F)cc3)C1)N2Oc1ccc(C(F)(F)F)cn1. The number of halogens is 6. The zero-order valence-corrected chi connectivity index (χ0v) is 17.7. The predicted octanol–water partition coefficient (Wildman–Crippen LogP) is 6.27. The van der Waals surface area contributed by atoms with Gasteiger partial charge >= 0.3 is 12.4 Å². The van der Waals surface area contributed by atoms with Crippen molar-refractivity contribution in [3.63, 3.8) is 0 Å². The highest BCUT2D eigenvalue weighted by Gasteiger charge is 2.70. The minimum absolute atomic E-state index is 0.100. The Hall–Kier alpha value is -2.49. The molecule has 5 rings (SSSR count). The van der Waals surface area contributed by atoms with Crippen molar-refractivity contribution in [3.05, 3.63) is 53.7 Å². The topological polar surface area (TPSA) is 34.6 Å². The maximum absolute atomic E-state index is 12.8. The molecule has 0 amide bonds. The lowest BCUT2D eigenvalue weighted by Gasteiger charge is -2.53. The molecule has 3 heterocycles. The smallest absolute Gasteiger partial charge is 0.417 e. The van der Waals surface area contributed by atoms with Gasteiger partial charge in [-0.3, -0.25) is 0 Å². The molecule has 33 heavy (non-hydrogen) atoms. The van der Waals surface area contributed by atoms with Crippen LogP contribution in [-0.4, -0.2) is 27.2 Å². The van der Waals surface area contributed by atoms with Crippen LogP contribution in [0.25, 0.3) is 0 Å². The number of pyridine rings is 1. The predicted molar refractivity (Wildman–Crippen MR) is 105 cm³/mol. The summed E-state index contributed by atoms with van der Waals surface area (Å²) in [7, 11) is 0. The maximum atomic E-state index is 12.8. The van der Waals surface area contributed by atoms with Gasteiger partial charge in [-0.05, 0) is 62.4 Å². The molecule has 178 valence electrons. The molecule has 1 saturated carbocycles. The van der Waals surface area contributed by atoms with Crippen molar-refractivity contribution in [2.75, 3.05) is 0 Å². The van der Waals surface area contributed by atoms with Crippen LogP contribution in [0.3, 0.4) is 0 Å². The molecular formula is C23H22F6N2O2. The third-order valence-electron chi connectivity index (χ3n) is 7.11. The second-order valence-corrected chi connectivity index (χ2v) is 9.48. The monoisotopic (exact) mass is 472 g/mol. The number of nitrogens with zero attached hydrogens (tertiary/aromatic N) is 2. The van der Waals surface area contributed by atoms with Crippen LogP contribution >= 0.6 is 0 Å². The molecule has 0 N–H and O–H groups in total. The van der Waals surface area contributed by atoms with Crippen LogP contribution in [0.15, 0.2) is 42.6 Å². The minimum atomic E-state index is -4.47. The molecule has 1 aliphatic carbocycles. The molecule has 4 nitrogen and oxygen atoms in total. The zero-order chi connectivity index (χ0) is 23.6. The Balaban J connectivity index is 1.32. The summed E-state index contributed by atoms with van der Waals surface area (Å²) in [6.45, 7) is 2.02. The Bertz CT molecular complexity index is 1020. The van der Waals surface area contributed by atoms with E-state index in [0.29, 0.717) is 24.5 Å². The summed E-state index contributed by atoms with van der Waals surface area (Å²) in [5.74, 6) is 0.851. The molecule has 2 aliphatic heterocycles. The van der Waals surface area contributed by atoms with E-state index in [1.54, 1.807) is 0 Å². The summed E-state index contributed by atoms with van der Waals surface area (Å²) >= 11 is 0. The molecule has 3 unspecified atom stereocenters. The van der Waals surface area contributed by atoms with Crippen molar-refractivity contribution >= 4 is 0 Å². The van der Waals surface area contributed by atoms with Crippen LogP contribution in [0, 0.1) is 5.92 Å². The summed E-state index contributed by atoms with van der Waals surface area (Å²) in [4.78, 5) is 9.92. The highest BCUT2D eigenvalue weighted by Crippen LogP contribution is 2.64. The van der Waals surface area contributed by atoms with E-state index in [1.165, 1.54) is 18.2 Å². The zero-order valence-electron chi connectivity index (χ0n) is 17.7. The molecule has 10 heteroatoms. The van der Waals surface area contributed by atoms with Crippen molar-refractivity contribution in [3.8, 4) is 11.6 Å². The van der Waals surface area contributed by atoms with Crippen LogP contribution in [-0.2, 0) is 12.4 Å². The Kier molecular flexibility index (Phi) is 4.90. The van der Waals surface area contributed by atoms with E-state index in [4.69, 9.17) is 9.57 Å². The third-order valence-corrected chi connectivity index (χ3v) is 7.11. The number of hydrogen-bond donors (Lipinski definition) is 0. The van der Waals surface area contributed by atoms with Gasteiger partial charge in [0, 0.05) is 25.1 Å². The highest BCUT2D eigenvalue weighted by molar-refractivity contribution is 5.30. The van der Waals surface area contributed by atoms with E-state index in [0.717, 1.165) is 43.7 Å². The first-order valence-corrected chi connectivity index (χ1v) is 10.7. The number of piperidine rings is 2. The molecule has 0 radical (unpaired) electrons. The second kappa shape index (κ2) is 7.25. The third kappa shape index (κ3) is 4.02. The first kappa shape index (κ1) is 22.3. The Morgan fingerprint density at radius 1 is 0.909 bits per heavy atom. The lowest BCUT2D eigenvalue weighted by atomic mass is 9.75. The van der Waals surface area contributed by atoms with Gasteiger partial charge in [-0.25, -0.2) is 4.98 Å². The fourth-order valence-electron chi connectivity index (χ4n) is 5.48. The van der Waals surface area contributed by atoms with Crippen LogP contribution in [0.1, 0.15) is 50.2 Å². The molecule has 3 aliphatic rings.